The lowest BCUT2D eigenvalue weighted by molar-refractivity contribution is -0.124. The van der Waals surface area contributed by atoms with Crippen molar-refractivity contribution in [3.63, 3.8) is 0 Å². The van der Waals surface area contributed by atoms with E-state index in [1.165, 1.54) is 32.2 Å². The minimum absolute atomic E-state index is 0.112. The summed E-state index contributed by atoms with van der Waals surface area (Å²) in [5.41, 5.74) is 0. The van der Waals surface area contributed by atoms with E-state index in [-0.39, 0.29) is 11.8 Å². The van der Waals surface area contributed by atoms with Gasteiger partial charge in [-0.3, -0.25) is 9.69 Å². The van der Waals surface area contributed by atoms with Gasteiger partial charge >= 0.3 is 0 Å². The third kappa shape index (κ3) is 2.76. The molecule has 0 aromatic rings. The van der Waals surface area contributed by atoms with Gasteiger partial charge in [-0.25, -0.2) is 0 Å². The highest BCUT2D eigenvalue weighted by Gasteiger charge is 2.30. The van der Waals surface area contributed by atoms with Crippen LogP contribution in [-0.2, 0) is 4.79 Å². The first kappa shape index (κ1) is 11.9. The van der Waals surface area contributed by atoms with Gasteiger partial charge in [0.25, 0.3) is 0 Å². The molecule has 1 atom stereocenters. The summed E-state index contributed by atoms with van der Waals surface area (Å²) in [7, 11) is 0. The molecule has 1 unspecified atom stereocenters. The Morgan fingerprint density at radius 3 is 2.56 bits per heavy atom. The quantitative estimate of drug-likeness (QED) is 0.792. The molecule has 1 saturated carbocycles. The number of nitrogens with one attached hydrogen (secondary N) is 1. The highest BCUT2D eigenvalue weighted by atomic mass is 16.1. The average molecular weight is 224 g/mol. The zero-order valence-electron chi connectivity index (χ0n) is 10.5. The first-order valence-electron chi connectivity index (χ1n) is 6.71. The normalized spacial score (nSPS) is 27.8. The molecular weight excluding hydrogens is 200 g/mol. The fraction of sp³-hybridized carbons (Fsp3) is 0.923. The van der Waals surface area contributed by atoms with E-state index in [4.69, 9.17) is 0 Å². The van der Waals surface area contributed by atoms with Crippen LogP contribution < -0.4 is 5.32 Å². The van der Waals surface area contributed by atoms with E-state index in [0.717, 1.165) is 19.0 Å². The van der Waals surface area contributed by atoms with Crippen LogP contribution in [0.1, 0.15) is 46.0 Å². The van der Waals surface area contributed by atoms with Crippen LogP contribution in [0.25, 0.3) is 0 Å². The molecule has 1 heterocycles. The second-order valence-corrected chi connectivity index (χ2v) is 5.58. The SMILES string of the molecule is CC(C)C(=O)NC1CCN(C2CCCC2)C1. The monoisotopic (exact) mass is 224 g/mol. The molecule has 3 nitrogen and oxygen atoms in total. The van der Waals surface area contributed by atoms with Crippen molar-refractivity contribution in [2.75, 3.05) is 13.1 Å². The Morgan fingerprint density at radius 2 is 1.94 bits per heavy atom. The molecule has 1 aliphatic heterocycles. The summed E-state index contributed by atoms with van der Waals surface area (Å²) in [6.45, 7) is 6.16. The fourth-order valence-corrected chi connectivity index (χ4v) is 2.87. The number of hydrogen-bond acceptors (Lipinski definition) is 2. The number of likely N-dealkylation sites (tertiary alicyclic amines) is 1. The van der Waals surface area contributed by atoms with Crippen molar-refractivity contribution in [2.45, 2.75) is 58.0 Å². The lowest BCUT2D eigenvalue weighted by Gasteiger charge is -2.23. The number of carbonyl (C=O) groups excluding carboxylic acids is 1. The average Bonchev–Trinajstić information content (AvgIpc) is 2.85. The predicted molar refractivity (Wildman–Crippen MR) is 65.2 cm³/mol. The van der Waals surface area contributed by atoms with E-state index in [9.17, 15) is 4.79 Å². The molecule has 2 fully saturated rings. The van der Waals surface area contributed by atoms with Gasteiger partial charge in [0.1, 0.15) is 0 Å². The van der Waals surface area contributed by atoms with Crippen molar-refractivity contribution < 1.29 is 4.79 Å². The molecule has 16 heavy (non-hydrogen) atoms. The highest BCUT2D eigenvalue weighted by molar-refractivity contribution is 5.78. The van der Waals surface area contributed by atoms with Gasteiger partial charge in [0.15, 0.2) is 0 Å². The molecule has 1 saturated heterocycles. The maximum atomic E-state index is 11.6. The number of carbonyl (C=O) groups is 1. The number of nitrogens with zero attached hydrogens (tertiary/aromatic N) is 1. The maximum Gasteiger partial charge on any atom is 0.222 e. The van der Waals surface area contributed by atoms with Crippen LogP contribution >= 0.6 is 0 Å². The lowest BCUT2D eigenvalue weighted by atomic mass is 10.2. The van der Waals surface area contributed by atoms with E-state index >= 15 is 0 Å². The summed E-state index contributed by atoms with van der Waals surface area (Å²) in [4.78, 5) is 14.2. The minimum atomic E-state index is 0.112. The van der Waals surface area contributed by atoms with Gasteiger partial charge in [0, 0.05) is 31.1 Å². The summed E-state index contributed by atoms with van der Waals surface area (Å²) < 4.78 is 0. The Hall–Kier alpha value is -0.570. The van der Waals surface area contributed by atoms with Crippen LogP contribution in [0.15, 0.2) is 0 Å². The van der Waals surface area contributed by atoms with Crippen LogP contribution in [0.3, 0.4) is 0 Å². The highest BCUT2D eigenvalue weighted by Crippen LogP contribution is 2.26. The van der Waals surface area contributed by atoms with E-state index in [1.54, 1.807) is 0 Å². The van der Waals surface area contributed by atoms with Crippen LogP contribution in [-0.4, -0.2) is 36.0 Å². The van der Waals surface area contributed by atoms with Crippen LogP contribution in [0.2, 0.25) is 0 Å². The predicted octanol–water partition coefficient (Wildman–Crippen LogP) is 1.78. The van der Waals surface area contributed by atoms with Gasteiger partial charge in [-0.05, 0) is 19.3 Å². The van der Waals surface area contributed by atoms with Crippen LogP contribution in [0.5, 0.6) is 0 Å². The van der Waals surface area contributed by atoms with Gasteiger partial charge in [0.05, 0.1) is 0 Å². The fourth-order valence-electron chi connectivity index (χ4n) is 2.87. The molecule has 2 rings (SSSR count). The molecule has 0 radical (unpaired) electrons. The third-order valence-electron chi connectivity index (χ3n) is 3.93. The number of hydrogen-bond donors (Lipinski definition) is 1. The number of amides is 1. The topological polar surface area (TPSA) is 32.3 Å². The molecule has 0 aromatic heterocycles. The van der Waals surface area contributed by atoms with Crippen molar-refractivity contribution in [1.82, 2.24) is 10.2 Å². The minimum Gasteiger partial charge on any atom is -0.352 e. The molecule has 3 heteroatoms. The maximum absolute atomic E-state index is 11.6. The van der Waals surface area contributed by atoms with Gasteiger partial charge in [-0.1, -0.05) is 26.7 Å². The van der Waals surface area contributed by atoms with Gasteiger partial charge < -0.3 is 5.32 Å². The molecule has 92 valence electrons. The zero-order chi connectivity index (χ0) is 11.5. The summed E-state index contributed by atoms with van der Waals surface area (Å²) in [5, 5.41) is 3.15. The summed E-state index contributed by atoms with van der Waals surface area (Å²) in [6.07, 6.45) is 6.65. The van der Waals surface area contributed by atoms with Crippen molar-refractivity contribution in [3.05, 3.63) is 0 Å². The summed E-state index contributed by atoms with van der Waals surface area (Å²) in [5.74, 6) is 0.318. The Morgan fingerprint density at radius 1 is 1.25 bits per heavy atom. The molecule has 0 aromatic carbocycles. The molecule has 1 amide bonds. The van der Waals surface area contributed by atoms with Crippen molar-refractivity contribution in [1.29, 1.82) is 0 Å². The Balaban J connectivity index is 1.76. The smallest absolute Gasteiger partial charge is 0.222 e. The first-order valence-corrected chi connectivity index (χ1v) is 6.71. The lowest BCUT2D eigenvalue weighted by Crippen LogP contribution is -2.40. The molecule has 1 N–H and O–H groups in total. The van der Waals surface area contributed by atoms with E-state index in [1.807, 2.05) is 13.8 Å². The van der Waals surface area contributed by atoms with Gasteiger partial charge in [-0.2, -0.15) is 0 Å². The third-order valence-corrected chi connectivity index (χ3v) is 3.93. The molecule has 2 aliphatic rings. The number of rotatable bonds is 3. The summed E-state index contributed by atoms with van der Waals surface area (Å²) in [6, 6.07) is 1.21. The first-order chi connectivity index (χ1) is 7.66. The molecule has 1 aliphatic carbocycles. The van der Waals surface area contributed by atoms with Crippen molar-refractivity contribution in [3.8, 4) is 0 Å². The van der Waals surface area contributed by atoms with Crippen LogP contribution in [0.4, 0.5) is 0 Å². The van der Waals surface area contributed by atoms with Crippen LogP contribution in [0, 0.1) is 5.92 Å². The van der Waals surface area contributed by atoms with E-state index in [0.29, 0.717) is 6.04 Å². The second-order valence-electron chi connectivity index (χ2n) is 5.58. The van der Waals surface area contributed by atoms with E-state index < -0.39 is 0 Å². The van der Waals surface area contributed by atoms with Crippen molar-refractivity contribution in [2.24, 2.45) is 5.92 Å². The van der Waals surface area contributed by atoms with Crippen molar-refractivity contribution >= 4 is 5.91 Å². The Labute approximate surface area is 98.6 Å². The van der Waals surface area contributed by atoms with E-state index in [2.05, 4.69) is 10.2 Å². The molecule has 0 bridgehead atoms. The largest absolute Gasteiger partial charge is 0.352 e. The Kier molecular flexibility index (Phi) is 3.85. The zero-order valence-corrected chi connectivity index (χ0v) is 10.5. The van der Waals surface area contributed by atoms with Gasteiger partial charge in [0.2, 0.25) is 5.91 Å². The molecule has 0 spiro atoms. The second kappa shape index (κ2) is 5.17. The molecular formula is C13H24N2O. The summed E-state index contributed by atoms with van der Waals surface area (Å²) >= 11 is 0. The van der Waals surface area contributed by atoms with Gasteiger partial charge in [-0.15, -0.1) is 0 Å². The standard InChI is InChI=1S/C13H24N2O/c1-10(2)13(16)14-11-7-8-15(9-11)12-5-3-4-6-12/h10-12H,3-9H2,1-2H3,(H,14,16). The Bertz CT molecular complexity index is 246.